The second-order valence-corrected chi connectivity index (χ2v) is 8.75. The lowest BCUT2D eigenvalue weighted by molar-refractivity contribution is 0.414. The smallest absolute Gasteiger partial charge is 0.327 e. The number of methoxy groups -OCH3 is 1. The van der Waals surface area contributed by atoms with Gasteiger partial charge in [0.05, 0.1) is 31.1 Å². The summed E-state index contributed by atoms with van der Waals surface area (Å²) in [6, 6.07) is 18.8. The van der Waals surface area contributed by atoms with Crippen LogP contribution in [0.5, 0.6) is 5.75 Å². The maximum atomic E-state index is 13.5. The second-order valence-electron chi connectivity index (χ2n) is 6.58. The summed E-state index contributed by atoms with van der Waals surface area (Å²) in [5.74, 6) is 0.209. The maximum Gasteiger partial charge on any atom is 0.327 e. The number of halogens is 2. The van der Waals surface area contributed by atoms with Crippen molar-refractivity contribution in [2.24, 2.45) is 0 Å². The van der Waals surface area contributed by atoms with Gasteiger partial charge in [-0.25, -0.2) is 8.70 Å². The molecule has 0 unspecified atom stereocenters. The Hall–Kier alpha value is -2.77. The standard InChI is InChI=1S/C21H18ClFN2O3S/c1-28-20-4-2-3-15(13-20)21-14-24(18-11-7-17(23)8-12-18)29(26,27)25(21)19-9-5-16(22)6-10-19/h2-13,21H,14H2,1H3/t21-/m1/s1. The van der Waals surface area contributed by atoms with E-state index in [0.29, 0.717) is 22.1 Å². The minimum absolute atomic E-state index is 0.170. The predicted molar refractivity (Wildman–Crippen MR) is 112 cm³/mol. The Kier molecular flexibility index (Phi) is 5.10. The van der Waals surface area contributed by atoms with Gasteiger partial charge in [0.2, 0.25) is 0 Å². The quantitative estimate of drug-likeness (QED) is 0.595. The van der Waals surface area contributed by atoms with E-state index in [1.165, 1.54) is 32.9 Å². The molecule has 0 radical (unpaired) electrons. The molecule has 1 fully saturated rings. The first-order valence-corrected chi connectivity index (χ1v) is 10.6. The third-order valence-corrected chi connectivity index (χ3v) is 6.95. The van der Waals surface area contributed by atoms with Crippen LogP contribution in [0.1, 0.15) is 11.6 Å². The Balaban J connectivity index is 1.84. The van der Waals surface area contributed by atoms with Crippen LogP contribution in [0, 0.1) is 5.82 Å². The highest BCUT2D eigenvalue weighted by Crippen LogP contribution is 2.41. The largest absolute Gasteiger partial charge is 0.497 e. The second kappa shape index (κ2) is 7.57. The molecule has 0 aliphatic carbocycles. The number of anilines is 2. The van der Waals surface area contributed by atoms with E-state index in [9.17, 15) is 12.8 Å². The molecule has 3 aromatic rings. The molecular formula is C21H18ClFN2O3S. The summed E-state index contributed by atoms with van der Waals surface area (Å²) in [6.07, 6.45) is 0. The molecule has 0 N–H and O–H groups in total. The molecule has 0 saturated carbocycles. The summed E-state index contributed by atoms with van der Waals surface area (Å²) in [4.78, 5) is 0. The van der Waals surface area contributed by atoms with Crippen LogP contribution < -0.4 is 13.3 Å². The Morgan fingerprint density at radius 2 is 1.66 bits per heavy atom. The van der Waals surface area contributed by atoms with E-state index in [1.54, 1.807) is 37.4 Å². The average molecular weight is 433 g/mol. The summed E-state index contributed by atoms with van der Waals surface area (Å²) in [5, 5.41) is 0.513. The van der Waals surface area contributed by atoms with E-state index in [1.807, 2.05) is 18.2 Å². The van der Waals surface area contributed by atoms with Crippen molar-refractivity contribution in [3.8, 4) is 5.75 Å². The van der Waals surface area contributed by atoms with Crippen molar-refractivity contribution in [2.75, 3.05) is 22.3 Å². The molecule has 0 aromatic heterocycles. The molecule has 0 amide bonds. The molecule has 1 aliphatic rings. The van der Waals surface area contributed by atoms with Crippen LogP contribution in [0.4, 0.5) is 15.8 Å². The van der Waals surface area contributed by atoms with Crippen LogP contribution in [0.2, 0.25) is 5.02 Å². The molecule has 3 aromatic carbocycles. The lowest BCUT2D eigenvalue weighted by Gasteiger charge is -2.25. The van der Waals surface area contributed by atoms with Gasteiger partial charge in [-0.15, -0.1) is 0 Å². The highest BCUT2D eigenvalue weighted by molar-refractivity contribution is 7.94. The van der Waals surface area contributed by atoms with Gasteiger partial charge in [0, 0.05) is 5.02 Å². The number of rotatable bonds is 4. The normalized spacial score (nSPS) is 18.1. The number of hydrogen-bond donors (Lipinski definition) is 0. The van der Waals surface area contributed by atoms with Crippen LogP contribution in [0.15, 0.2) is 72.8 Å². The number of hydrogen-bond acceptors (Lipinski definition) is 3. The molecule has 4 rings (SSSR count). The van der Waals surface area contributed by atoms with Gasteiger partial charge in [-0.05, 0) is 66.2 Å². The molecule has 29 heavy (non-hydrogen) atoms. The van der Waals surface area contributed by atoms with Gasteiger partial charge < -0.3 is 4.74 Å². The number of nitrogens with zero attached hydrogens (tertiary/aromatic N) is 2. The Morgan fingerprint density at radius 3 is 2.31 bits per heavy atom. The first-order chi connectivity index (χ1) is 13.9. The van der Waals surface area contributed by atoms with Crippen molar-refractivity contribution in [1.82, 2.24) is 0 Å². The van der Waals surface area contributed by atoms with Gasteiger partial charge in [-0.1, -0.05) is 23.7 Å². The summed E-state index contributed by atoms with van der Waals surface area (Å²) >= 11 is 5.99. The SMILES string of the molecule is COc1cccc([C@H]2CN(c3ccc(F)cc3)S(=O)(=O)N2c2ccc(Cl)cc2)c1. The van der Waals surface area contributed by atoms with E-state index in [0.717, 1.165) is 5.56 Å². The van der Waals surface area contributed by atoms with E-state index >= 15 is 0 Å². The molecule has 1 aliphatic heterocycles. The highest BCUT2D eigenvalue weighted by atomic mass is 35.5. The van der Waals surface area contributed by atoms with Crippen LogP contribution in [-0.4, -0.2) is 22.1 Å². The monoisotopic (exact) mass is 432 g/mol. The van der Waals surface area contributed by atoms with Crippen molar-refractivity contribution in [1.29, 1.82) is 0 Å². The van der Waals surface area contributed by atoms with Crippen molar-refractivity contribution in [3.63, 3.8) is 0 Å². The molecular weight excluding hydrogens is 415 g/mol. The van der Waals surface area contributed by atoms with Gasteiger partial charge in [0.25, 0.3) is 0 Å². The third kappa shape index (κ3) is 3.63. The average Bonchev–Trinajstić information content (AvgIpc) is 3.00. The minimum atomic E-state index is -3.92. The van der Waals surface area contributed by atoms with Gasteiger partial charge >= 0.3 is 10.2 Å². The van der Waals surface area contributed by atoms with E-state index < -0.39 is 22.1 Å². The lowest BCUT2D eigenvalue weighted by Crippen LogP contribution is -2.33. The summed E-state index contributed by atoms with van der Waals surface area (Å²) in [7, 11) is -2.35. The van der Waals surface area contributed by atoms with E-state index in [2.05, 4.69) is 0 Å². The number of benzene rings is 3. The first kappa shape index (κ1) is 19.5. The van der Waals surface area contributed by atoms with Crippen molar-refractivity contribution >= 4 is 33.2 Å². The zero-order valence-electron chi connectivity index (χ0n) is 15.5. The zero-order valence-corrected chi connectivity index (χ0v) is 17.1. The fourth-order valence-corrected chi connectivity index (χ4v) is 5.38. The topological polar surface area (TPSA) is 49.9 Å². The van der Waals surface area contributed by atoms with Crippen LogP contribution >= 0.6 is 11.6 Å². The van der Waals surface area contributed by atoms with E-state index in [4.69, 9.17) is 16.3 Å². The van der Waals surface area contributed by atoms with Gasteiger partial charge in [0.15, 0.2) is 0 Å². The zero-order chi connectivity index (χ0) is 20.6. The molecule has 8 heteroatoms. The maximum absolute atomic E-state index is 13.5. The molecule has 1 saturated heterocycles. The van der Waals surface area contributed by atoms with Crippen LogP contribution in [0.25, 0.3) is 0 Å². The molecule has 1 atom stereocenters. The fourth-order valence-electron chi connectivity index (χ4n) is 3.43. The number of ether oxygens (including phenoxy) is 1. The molecule has 0 bridgehead atoms. The Bertz CT molecular complexity index is 1120. The molecule has 1 heterocycles. The minimum Gasteiger partial charge on any atom is -0.497 e. The van der Waals surface area contributed by atoms with Crippen molar-refractivity contribution < 1.29 is 17.5 Å². The fraction of sp³-hybridized carbons (Fsp3) is 0.143. The van der Waals surface area contributed by atoms with Crippen molar-refractivity contribution in [3.05, 3.63) is 89.2 Å². The summed E-state index contributed by atoms with van der Waals surface area (Å²) < 4.78 is 48.3. The highest BCUT2D eigenvalue weighted by Gasteiger charge is 2.45. The molecule has 0 spiro atoms. The lowest BCUT2D eigenvalue weighted by atomic mass is 10.1. The predicted octanol–water partition coefficient (Wildman–Crippen LogP) is 4.80. The molecule has 150 valence electrons. The van der Waals surface area contributed by atoms with Crippen LogP contribution in [-0.2, 0) is 10.2 Å². The van der Waals surface area contributed by atoms with Gasteiger partial charge in [-0.3, -0.25) is 4.31 Å². The van der Waals surface area contributed by atoms with Gasteiger partial charge in [-0.2, -0.15) is 8.42 Å². The van der Waals surface area contributed by atoms with Gasteiger partial charge in [0.1, 0.15) is 11.6 Å². The first-order valence-electron chi connectivity index (χ1n) is 8.87. The third-order valence-electron chi connectivity index (χ3n) is 4.82. The Morgan fingerprint density at radius 1 is 1.00 bits per heavy atom. The summed E-state index contributed by atoms with van der Waals surface area (Å²) in [5.41, 5.74) is 1.68. The van der Waals surface area contributed by atoms with E-state index in [-0.39, 0.29) is 6.54 Å². The Labute approximate surface area is 174 Å². The van der Waals surface area contributed by atoms with Crippen molar-refractivity contribution in [2.45, 2.75) is 6.04 Å². The summed E-state index contributed by atoms with van der Waals surface area (Å²) in [6.45, 7) is 0.170. The molecule has 5 nitrogen and oxygen atoms in total. The van der Waals surface area contributed by atoms with Crippen LogP contribution in [0.3, 0.4) is 0 Å².